The molecule has 3 heterocycles. The van der Waals surface area contributed by atoms with Gasteiger partial charge in [0.15, 0.2) is 0 Å². The predicted molar refractivity (Wildman–Crippen MR) is 130 cm³/mol. The molecule has 0 spiro atoms. The smallest absolute Gasteiger partial charge is 0.351 e. The zero-order chi connectivity index (χ0) is 26.5. The third kappa shape index (κ3) is 5.35. The lowest BCUT2D eigenvalue weighted by molar-refractivity contribution is -0.137. The molecule has 2 aliphatic heterocycles. The third-order valence-electron chi connectivity index (χ3n) is 6.71. The van der Waals surface area contributed by atoms with Gasteiger partial charge in [0.25, 0.3) is 5.91 Å². The number of nitrogens with one attached hydrogen (secondary N) is 1. The van der Waals surface area contributed by atoms with Gasteiger partial charge in [-0.2, -0.15) is 25.9 Å². The molecule has 0 aliphatic carbocycles. The van der Waals surface area contributed by atoms with Crippen molar-refractivity contribution in [3.8, 4) is 11.3 Å². The van der Waals surface area contributed by atoms with Crippen LogP contribution in [0.15, 0.2) is 36.4 Å². The number of alkyl halides is 3. The number of anilines is 1. The quantitative estimate of drug-likeness (QED) is 0.620. The van der Waals surface area contributed by atoms with Crippen LogP contribution in [0.1, 0.15) is 49.5 Å². The van der Waals surface area contributed by atoms with E-state index in [0.717, 1.165) is 22.9 Å². The number of nitrogens with two attached hydrogens (primary N) is 1. The zero-order valence-electron chi connectivity index (χ0n) is 20.3. The van der Waals surface area contributed by atoms with E-state index in [1.807, 2.05) is 18.7 Å². The van der Waals surface area contributed by atoms with Crippen LogP contribution in [0.5, 0.6) is 0 Å². The average molecular weight is 526 g/mol. The fourth-order valence-corrected chi connectivity index (χ4v) is 6.20. The highest BCUT2D eigenvalue weighted by atomic mass is 32.2. The maximum atomic E-state index is 13.2. The van der Waals surface area contributed by atoms with Gasteiger partial charge in [-0.1, -0.05) is 19.1 Å². The van der Waals surface area contributed by atoms with E-state index in [1.165, 1.54) is 24.3 Å². The first-order chi connectivity index (χ1) is 16.7. The molecule has 0 saturated carbocycles. The van der Waals surface area contributed by atoms with Crippen molar-refractivity contribution in [2.75, 3.05) is 24.5 Å². The Morgan fingerprint density at radius 3 is 2.33 bits per heavy atom. The second-order valence-corrected chi connectivity index (χ2v) is 11.9. The average Bonchev–Trinajstić information content (AvgIpc) is 3.34. The lowest BCUT2D eigenvalue weighted by atomic mass is 9.97. The molecule has 1 aromatic heterocycles. The molecule has 36 heavy (non-hydrogen) atoms. The summed E-state index contributed by atoms with van der Waals surface area (Å²) in [5.74, 6) is -0.248. The van der Waals surface area contributed by atoms with Crippen molar-refractivity contribution in [2.24, 2.45) is 11.7 Å². The monoisotopic (exact) mass is 525 g/mol. The number of carbonyl (C=O) groups excluding carboxylic acids is 1. The summed E-state index contributed by atoms with van der Waals surface area (Å²) in [6.45, 7) is 7.02. The summed E-state index contributed by atoms with van der Waals surface area (Å²) < 4.78 is 67.8. The number of carbonyl (C=O) groups is 1. The molecule has 0 bridgehead atoms. The number of nitrogens with zero attached hydrogens (tertiary/aromatic N) is 3. The summed E-state index contributed by atoms with van der Waals surface area (Å²) in [4.78, 5) is 19.9. The Bertz CT molecular complexity index is 1250. The molecular formula is C24H30F3N5O3S. The molecule has 8 nitrogen and oxygen atoms in total. The van der Waals surface area contributed by atoms with Gasteiger partial charge in [0, 0.05) is 36.8 Å². The number of pyridine rings is 1. The first-order valence-corrected chi connectivity index (χ1v) is 13.2. The van der Waals surface area contributed by atoms with Crippen LogP contribution < -0.4 is 15.4 Å². The Balaban J connectivity index is 1.72. The Morgan fingerprint density at radius 1 is 1.14 bits per heavy atom. The summed E-state index contributed by atoms with van der Waals surface area (Å²) in [6.07, 6.45) is -3.13. The Kier molecular flexibility index (Phi) is 6.82. The highest BCUT2D eigenvalue weighted by molar-refractivity contribution is 7.87. The predicted octanol–water partition coefficient (Wildman–Crippen LogP) is 3.40. The summed E-state index contributed by atoms with van der Waals surface area (Å²) in [6, 6.07) is 7.30. The van der Waals surface area contributed by atoms with Crippen LogP contribution in [0.25, 0.3) is 11.3 Å². The van der Waals surface area contributed by atoms with Gasteiger partial charge in [-0.05, 0) is 56.9 Å². The molecule has 12 heteroatoms. The fourth-order valence-electron chi connectivity index (χ4n) is 4.99. The first-order valence-electron chi connectivity index (χ1n) is 11.7. The number of aromatic nitrogens is 1. The minimum absolute atomic E-state index is 0.0694. The molecule has 2 saturated heterocycles. The van der Waals surface area contributed by atoms with Gasteiger partial charge in [-0.15, -0.1) is 0 Å². The fraction of sp³-hybridized carbons (Fsp3) is 0.500. The second kappa shape index (κ2) is 9.31. The summed E-state index contributed by atoms with van der Waals surface area (Å²) >= 11 is 0. The van der Waals surface area contributed by atoms with Crippen LogP contribution in [0.2, 0.25) is 0 Å². The van der Waals surface area contributed by atoms with Gasteiger partial charge in [-0.3, -0.25) is 4.79 Å². The molecule has 2 aliphatic rings. The van der Waals surface area contributed by atoms with E-state index in [2.05, 4.69) is 16.6 Å². The number of benzene rings is 1. The number of hydrogen-bond donors (Lipinski definition) is 2. The van der Waals surface area contributed by atoms with Crippen LogP contribution in [0.4, 0.5) is 19.0 Å². The molecule has 1 aromatic carbocycles. The zero-order valence-corrected chi connectivity index (χ0v) is 21.2. The second-order valence-electron chi connectivity index (χ2n) is 10.2. The third-order valence-corrected chi connectivity index (χ3v) is 8.16. The van der Waals surface area contributed by atoms with E-state index in [9.17, 15) is 26.4 Å². The molecule has 1 amide bonds. The van der Waals surface area contributed by atoms with Crippen LogP contribution in [0.3, 0.4) is 0 Å². The number of hydrogen-bond acceptors (Lipinski definition) is 6. The first kappa shape index (κ1) is 26.4. The molecule has 2 fully saturated rings. The molecule has 0 unspecified atom stereocenters. The Morgan fingerprint density at radius 2 is 1.81 bits per heavy atom. The number of rotatable bonds is 5. The largest absolute Gasteiger partial charge is 0.416 e. The number of amides is 1. The van der Waals surface area contributed by atoms with E-state index >= 15 is 0 Å². The summed E-state index contributed by atoms with van der Waals surface area (Å²) in [7, 11) is -4.10. The van der Waals surface area contributed by atoms with Crippen molar-refractivity contribution >= 4 is 21.9 Å². The van der Waals surface area contributed by atoms with Crippen molar-refractivity contribution in [1.82, 2.24) is 14.0 Å². The van der Waals surface area contributed by atoms with E-state index in [0.29, 0.717) is 30.1 Å². The molecule has 196 valence electrons. The molecule has 2 aromatic rings. The Hall–Kier alpha value is -2.70. The van der Waals surface area contributed by atoms with E-state index in [4.69, 9.17) is 5.73 Å². The van der Waals surface area contributed by atoms with Crippen molar-refractivity contribution in [3.05, 3.63) is 47.5 Å². The van der Waals surface area contributed by atoms with Gasteiger partial charge in [0.2, 0.25) is 0 Å². The normalized spacial score (nSPS) is 22.7. The molecule has 3 N–H and O–H groups in total. The van der Waals surface area contributed by atoms with Gasteiger partial charge in [0.05, 0.1) is 16.8 Å². The summed E-state index contributed by atoms with van der Waals surface area (Å²) in [5.41, 5.74) is 5.56. The highest BCUT2D eigenvalue weighted by Crippen LogP contribution is 2.38. The van der Waals surface area contributed by atoms with Crippen molar-refractivity contribution < 1.29 is 26.4 Å². The molecule has 2 atom stereocenters. The maximum Gasteiger partial charge on any atom is 0.416 e. The maximum absolute atomic E-state index is 13.2. The molecular weight excluding hydrogens is 495 g/mol. The van der Waals surface area contributed by atoms with Crippen molar-refractivity contribution in [1.29, 1.82) is 0 Å². The van der Waals surface area contributed by atoms with Crippen LogP contribution in [0, 0.1) is 5.92 Å². The van der Waals surface area contributed by atoms with Gasteiger partial charge in [-0.25, -0.2) is 9.71 Å². The minimum Gasteiger partial charge on any atom is -0.351 e. The molecule has 4 rings (SSSR count). The highest BCUT2D eigenvalue weighted by Gasteiger charge is 2.40. The van der Waals surface area contributed by atoms with Crippen LogP contribution in [-0.2, 0) is 16.4 Å². The standard InChI is InChI=1S/C24H30F3N5O3S/c1-15-12-23(2,3)32(13-15)21-19(22(33)30-36(34,35)31-11-10-18(28)14-31)8-9-20(29-21)16-4-6-17(7-5-16)24(25,26)27/h4-9,15,18H,10-14,28H2,1-3H3,(H,30,33)/t15-,18-/m0/s1. The van der Waals surface area contributed by atoms with E-state index in [1.54, 1.807) is 0 Å². The molecule has 0 radical (unpaired) electrons. The van der Waals surface area contributed by atoms with E-state index in [-0.39, 0.29) is 36.1 Å². The van der Waals surface area contributed by atoms with E-state index < -0.39 is 27.9 Å². The van der Waals surface area contributed by atoms with Gasteiger partial charge >= 0.3 is 16.4 Å². The van der Waals surface area contributed by atoms with Crippen molar-refractivity contribution in [3.63, 3.8) is 0 Å². The minimum atomic E-state index is -4.46. The Labute approximate surface area is 208 Å². The lowest BCUT2D eigenvalue weighted by Gasteiger charge is -2.34. The summed E-state index contributed by atoms with van der Waals surface area (Å²) in [5, 5.41) is 0. The lowest BCUT2D eigenvalue weighted by Crippen LogP contribution is -2.44. The topological polar surface area (TPSA) is 109 Å². The van der Waals surface area contributed by atoms with Crippen LogP contribution in [-0.4, -0.2) is 54.8 Å². The van der Waals surface area contributed by atoms with Gasteiger partial charge < -0.3 is 10.6 Å². The van der Waals surface area contributed by atoms with Crippen LogP contribution >= 0.6 is 0 Å². The number of halogens is 3. The van der Waals surface area contributed by atoms with Crippen molar-refractivity contribution in [2.45, 2.75) is 51.4 Å². The SMILES string of the molecule is C[C@@H]1CN(c2nc(-c3ccc(C(F)(F)F)cc3)ccc2C(=O)NS(=O)(=O)N2CC[C@H](N)C2)C(C)(C)C1. The van der Waals surface area contributed by atoms with Gasteiger partial charge in [0.1, 0.15) is 5.82 Å².